The van der Waals surface area contributed by atoms with Gasteiger partial charge < -0.3 is 24.8 Å². The van der Waals surface area contributed by atoms with Crippen molar-refractivity contribution in [2.75, 3.05) is 34.9 Å². The quantitative estimate of drug-likeness (QED) is 0.756. The maximum Gasteiger partial charge on any atom is 0.233 e. The summed E-state index contributed by atoms with van der Waals surface area (Å²) in [5.41, 5.74) is 0.893. The van der Waals surface area contributed by atoms with Gasteiger partial charge in [0.05, 0.1) is 27.9 Å². The molecule has 0 radical (unpaired) electrons. The Kier molecular flexibility index (Phi) is 5.95. The molecular formula is C13H20N2O4. The highest BCUT2D eigenvalue weighted by Crippen LogP contribution is 2.39. The van der Waals surface area contributed by atoms with Crippen molar-refractivity contribution in [1.29, 1.82) is 0 Å². The fourth-order valence-electron chi connectivity index (χ4n) is 1.70. The van der Waals surface area contributed by atoms with Gasteiger partial charge in [-0.3, -0.25) is 4.79 Å². The van der Waals surface area contributed by atoms with Crippen LogP contribution in [0.1, 0.15) is 5.56 Å². The van der Waals surface area contributed by atoms with Crippen LogP contribution < -0.4 is 24.8 Å². The number of likely N-dealkylation sites (N-methyl/N-ethyl adjacent to an activating group) is 1. The molecule has 0 unspecified atom stereocenters. The second-order valence-electron chi connectivity index (χ2n) is 3.77. The topological polar surface area (TPSA) is 68.8 Å². The maximum atomic E-state index is 11.1. The summed E-state index contributed by atoms with van der Waals surface area (Å²) < 4.78 is 15.8. The van der Waals surface area contributed by atoms with E-state index in [-0.39, 0.29) is 12.5 Å². The Morgan fingerprint density at radius 1 is 1.11 bits per heavy atom. The summed E-state index contributed by atoms with van der Waals surface area (Å²) in [5.74, 6) is 1.68. The Morgan fingerprint density at radius 2 is 1.79 bits per heavy atom. The van der Waals surface area contributed by atoms with Crippen LogP contribution in [-0.4, -0.2) is 40.8 Å². The van der Waals surface area contributed by atoms with Crippen LogP contribution in [0.3, 0.4) is 0 Å². The van der Waals surface area contributed by atoms with E-state index in [1.165, 1.54) is 0 Å². The molecule has 0 atom stereocenters. The van der Waals surface area contributed by atoms with E-state index in [0.717, 1.165) is 5.56 Å². The molecule has 0 aliphatic rings. The van der Waals surface area contributed by atoms with Gasteiger partial charge in [0.1, 0.15) is 0 Å². The van der Waals surface area contributed by atoms with Gasteiger partial charge in [0.25, 0.3) is 0 Å². The molecule has 0 saturated carbocycles. The van der Waals surface area contributed by atoms with Crippen LogP contribution >= 0.6 is 0 Å². The first-order valence-electron chi connectivity index (χ1n) is 5.87. The zero-order valence-corrected chi connectivity index (χ0v) is 11.7. The van der Waals surface area contributed by atoms with Crippen LogP contribution in [-0.2, 0) is 11.3 Å². The van der Waals surface area contributed by atoms with Gasteiger partial charge in [0, 0.05) is 19.2 Å². The lowest BCUT2D eigenvalue weighted by molar-refractivity contribution is -0.119. The molecule has 1 rings (SSSR count). The minimum Gasteiger partial charge on any atom is -0.493 e. The lowest BCUT2D eigenvalue weighted by Gasteiger charge is -2.15. The standard InChI is InChI=1S/C13H20N2O4/c1-14-11(16)8-15-7-9-5-6-10(17-2)13(19-4)12(9)18-3/h5-6,15H,7-8H2,1-4H3,(H,14,16). The Hall–Kier alpha value is -1.95. The number of rotatable bonds is 7. The minimum atomic E-state index is -0.0700. The molecule has 0 saturated heterocycles. The normalized spacial score (nSPS) is 9.89. The Bertz CT molecular complexity index is 435. The molecule has 0 aliphatic heterocycles. The summed E-state index contributed by atoms with van der Waals surface area (Å²) in [6, 6.07) is 3.68. The van der Waals surface area contributed by atoms with Gasteiger partial charge >= 0.3 is 0 Å². The van der Waals surface area contributed by atoms with Crippen molar-refractivity contribution in [2.45, 2.75) is 6.54 Å². The van der Waals surface area contributed by atoms with Crippen molar-refractivity contribution in [3.8, 4) is 17.2 Å². The number of benzene rings is 1. The molecule has 0 heterocycles. The predicted molar refractivity (Wildman–Crippen MR) is 71.9 cm³/mol. The van der Waals surface area contributed by atoms with Crippen molar-refractivity contribution in [3.05, 3.63) is 17.7 Å². The van der Waals surface area contributed by atoms with Gasteiger partial charge in [-0.25, -0.2) is 0 Å². The summed E-state index contributed by atoms with van der Waals surface area (Å²) in [5, 5.41) is 5.57. The highest BCUT2D eigenvalue weighted by molar-refractivity contribution is 5.77. The minimum absolute atomic E-state index is 0.0700. The van der Waals surface area contributed by atoms with Crippen LogP contribution in [0, 0.1) is 0 Å². The van der Waals surface area contributed by atoms with Gasteiger partial charge in [-0.05, 0) is 6.07 Å². The van der Waals surface area contributed by atoms with Crippen molar-refractivity contribution in [2.24, 2.45) is 0 Å². The van der Waals surface area contributed by atoms with E-state index in [0.29, 0.717) is 23.8 Å². The molecular weight excluding hydrogens is 248 g/mol. The molecule has 2 N–H and O–H groups in total. The van der Waals surface area contributed by atoms with Crippen LogP contribution in [0.15, 0.2) is 12.1 Å². The second-order valence-corrected chi connectivity index (χ2v) is 3.77. The van der Waals surface area contributed by atoms with E-state index in [9.17, 15) is 4.79 Å². The van der Waals surface area contributed by atoms with E-state index < -0.39 is 0 Å². The number of hydrogen-bond donors (Lipinski definition) is 2. The number of amides is 1. The number of methoxy groups -OCH3 is 3. The highest BCUT2D eigenvalue weighted by Gasteiger charge is 2.15. The molecule has 0 aliphatic carbocycles. The number of carbonyl (C=O) groups is 1. The monoisotopic (exact) mass is 268 g/mol. The molecule has 1 aromatic rings. The second kappa shape index (κ2) is 7.48. The molecule has 6 heteroatoms. The van der Waals surface area contributed by atoms with Crippen LogP contribution in [0.2, 0.25) is 0 Å². The van der Waals surface area contributed by atoms with Crippen LogP contribution in [0.4, 0.5) is 0 Å². The van der Waals surface area contributed by atoms with Gasteiger partial charge in [-0.15, -0.1) is 0 Å². The molecule has 106 valence electrons. The van der Waals surface area contributed by atoms with Crippen LogP contribution in [0.25, 0.3) is 0 Å². The average Bonchev–Trinajstić information content (AvgIpc) is 2.45. The van der Waals surface area contributed by atoms with Gasteiger partial charge in [-0.1, -0.05) is 6.07 Å². The van der Waals surface area contributed by atoms with Gasteiger partial charge in [0.15, 0.2) is 11.5 Å². The molecule has 1 amide bonds. The third-order valence-electron chi connectivity index (χ3n) is 2.67. The first-order valence-corrected chi connectivity index (χ1v) is 5.87. The summed E-state index contributed by atoms with van der Waals surface area (Å²) in [4.78, 5) is 11.1. The van der Waals surface area contributed by atoms with Crippen molar-refractivity contribution >= 4 is 5.91 Å². The zero-order chi connectivity index (χ0) is 14.3. The smallest absolute Gasteiger partial charge is 0.233 e. The third-order valence-corrected chi connectivity index (χ3v) is 2.67. The average molecular weight is 268 g/mol. The number of ether oxygens (including phenoxy) is 3. The molecule has 0 bridgehead atoms. The number of hydrogen-bond acceptors (Lipinski definition) is 5. The summed E-state index contributed by atoms with van der Waals surface area (Å²) in [6.45, 7) is 0.741. The van der Waals surface area contributed by atoms with Crippen LogP contribution in [0.5, 0.6) is 17.2 Å². The maximum absolute atomic E-state index is 11.1. The summed E-state index contributed by atoms with van der Waals surface area (Å²) in [7, 11) is 6.30. The molecule has 0 aromatic heterocycles. The van der Waals surface area contributed by atoms with Crippen molar-refractivity contribution < 1.29 is 19.0 Å². The summed E-state index contributed by atoms with van der Waals surface area (Å²) in [6.07, 6.45) is 0. The largest absolute Gasteiger partial charge is 0.493 e. The van der Waals surface area contributed by atoms with E-state index in [4.69, 9.17) is 14.2 Å². The van der Waals surface area contributed by atoms with Crippen molar-refractivity contribution in [1.82, 2.24) is 10.6 Å². The molecule has 6 nitrogen and oxygen atoms in total. The lowest BCUT2D eigenvalue weighted by Crippen LogP contribution is -2.31. The molecule has 0 fully saturated rings. The van der Waals surface area contributed by atoms with E-state index in [1.54, 1.807) is 34.4 Å². The fourth-order valence-corrected chi connectivity index (χ4v) is 1.70. The molecule has 0 spiro atoms. The molecule has 1 aromatic carbocycles. The van der Waals surface area contributed by atoms with Gasteiger partial charge in [-0.2, -0.15) is 0 Å². The SMILES string of the molecule is CNC(=O)CNCc1ccc(OC)c(OC)c1OC. The van der Waals surface area contributed by atoms with Crippen molar-refractivity contribution in [3.63, 3.8) is 0 Å². The third kappa shape index (κ3) is 3.75. The van der Waals surface area contributed by atoms with E-state index >= 15 is 0 Å². The fraction of sp³-hybridized carbons (Fsp3) is 0.462. The van der Waals surface area contributed by atoms with E-state index in [2.05, 4.69) is 10.6 Å². The lowest BCUT2D eigenvalue weighted by atomic mass is 10.1. The summed E-state index contributed by atoms with van der Waals surface area (Å²) >= 11 is 0. The predicted octanol–water partition coefficient (Wildman–Crippen LogP) is 0.548. The Balaban J connectivity index is 2.86. The first kappa shape index (κ1) is 15.1. The number of nitrogens with one attached hydrogen (secondary N) is 2. The zero-order valence-electron chi connectivity index (χ0n) is 11.7. The van der Waals surface area contributed by atoms with Gasteiger partial charge in [0.2, 0.25) is 11.7 Å². The Morgan fingerprint density at radius 3 is 2.32 bits per heavy atom. The van der Waals surface area contributed by atoms with E-state index in [1.807, 2.05) is 6.07 Å². The highest BCUT2D eigenvalue weighted by atomic mass is 16.5. The number of carbonyl (C=O) groups excluding carboxylic acids is 1. The Labute approximate surface area is 113 Å². The molecule has 19 heavy (non-hydrogen) atoms. The first-order chi connectivity index (χ1) is 9.17.